The number of carbonyl (C=O) groups is 1. The molecular weight excluding hydrogens is 272 g/mol. The van der Waals surface area contributed by atoms with Gasteiger partial charge in [0.25, 0.3) is 0 Å². The van der Waals surface area contributed by atoms with E-state index in [-0.39, 0.29) is 5.97 Å². The van der Waals surface area contributed by atoms with E-state index in [2.05, 4.69) is 25.6 Å². The Labute approximate surface area is 125 Å². The van der Waals surface area contributed by atoms with E-state index in [9.17, 15) is 4.79 Å². The molecular formula is C13H24N6O2. The van der Waals surface area contributed by atoms with E-state index < -0.39 is 6.04 Å². The third-order valence-electron chi connectivity index (χ3n) is 2.88. The molecule has 0 aliphatic rings. The maximum atomic E-state index is 11.7. The van der Waals surface area contributed by atoms with Crippen molar-refractivity contribution in [2.45, 2.75) is 33.7 Å². The molecule has 118 valence electrons. The van der Waals surface area contributed by atoms with Crippen LogP contribution in [0, 0.1) is 0 Å². The van der Waals surface area contributed by atoms with Crippen molar-refractivity contribution >= 4 is 23.8 Å². The van der Waals surface area contributed by atoms with E-state index in [0.29, 0.717) is 24.5 Å². The lowest BCUT2D eigenvalue weighted by Gasteiger charge is -2.20. The zero-order valence-corrected chi connectivity index (χ0v) is 13.3. The smallest absolute Gasteiger partial charge is 0.328 e. The molecule has 0 aliphatic heterocycles. The van der Waals surface area contributed by atoms with E-state index in [1.807, 2.05) is 18.7 Å². The molecule has 0 bridgehead atoms. The molecule has 8 nitrogen and oxygen atoms in total. The molecule has 0 aliphatic carbocycles. The SMILES string of the molecule is CCOC(=O)C(C)Nc1nc(NC)nc(N(CC)CC)n1. The molecule has 1 heterocycles. The molecule has 2 N–H and O–H groups in total. The predicted molar refractivity (Wildman–Crippen MR) is 82.7 cm³/mol. The number of nitrogens with zero attached hydrogens (tertiary/aromatic N) is 4. The molecule has 0 fully saturated rings. The molecule has 8 heteroatoms. The summed E-state index contributed by atoms with van der Waals surface area (Å²) in [6, 6.07) is -0.526. The summed E-state index contributed by atoms with van der Waals surface area (Å²) in [6.07, 6.45) is 0. The van der Waals surface area contributed by atoms with Gasteiger partial charge in [-0.1, -0.05) is 0 Å². The molecule has 21 heavy (non-hydrogen) atoms. The first-order valence-corrected chi connectivity index (χ1v) is 7.17. The minimum absolute atomic E-state index is 0.340. The van der Waals surface area contributed by atoms with Crippen LogP contribution in [0.2, 0.25) is 0 Å². The molecule has 0 radical (unpaired) electrons. The topological polar surface area (TPSA) is 92.3 Å². The van der Waals surface area contributed by atoms with Gasteiger partial charge in [0.15, 0.2) is 0 Å². The van der Waals surface area contributed by atoms with Gasteiger partial charge in [-0.25, -0.2) is 4.79 Å². The Hall–Kier alpha value is -2.12. The summed E-state index contributed by atoms with van der Waals surface area (Å²) in [5.41, 5.74) is 0. The Morgan fingerprint density at radius 3 is 2.33 bits per heavy atom. The maximum absolute atomic E-state index is 11.7. The van der Waals surface area contributed by atoms with Crippen LogP contribution in [-0.4, -0.2) is 53.7 Å². The molecule has 0 amide bonds. The molecule has 0 spiro atoms. The fourth-order valence-corrected chi connectivity index (χ4v) is 1.71. The van der Waals surface area contributed by atoms with Crippen LogP contribution in [0.3, 0.4) is 0 Å². The first-order valence-electron chi connectivity index (χ1n) is 7.17. The summed E-state index contributed by atoms with van der Waals surface area (Å²) in [7, 11) is 1.74. The maximum Gasteiger partial charge on any atom is 0.328 e. The minimum atomic E-state index is -0.526. The zero-order valence-electron chi connectivity index (χ0n) is 13.3. The first-order chi connectivity index (χ1) is 10.0. The van der Waals surface area contributed by atoms with Crippen molar-refractivity contribution < 1.29 is 9.53 Å². The van der Waals surface area contributed by atoms with E-state index in [1.54, 1.807) is 20.9 Å². The number of hydrogen-bond acceptors (Lipinski definition) is 8. The molecule has 1 unspecified atom stereocenters. The van der Waals surface area contributed by atoms with Crippen LogP contribution in [0.15, 0.2) is 0 Å². The molecule has 1 rings (SSSR count). The third kappa shape index (κ3) is 4.73. The normalized spacial score (nSPS) is 11.7. The number of carbonyl (C=O) groups excluding carboxylic acids is 1. The van der Waals surface area contributed by atoms with Crippen LogP contribution in [-0.2, 0) is 9.53 Å². The van der Waals surface area contributed by atoms with E-state index in [1.165, 1.54) is 0 Å². The number of anilines is 3. The Bertz CT molecular complexity index is 464. The van der Waals surface area contributed by atoms with Gasteiger partial charge in [-0.15, -0.1) is 0 Å². The Balaban J connectivity index is 2.96. The van der Waals surface area contributed by atoms with Gasteiger partial charge in [-0.2, -0.15) is 15.0 Å². The van der Waals surface area contributed by atoms with Crippen molar-refractivity contribution in [3.63, 3.8) is 0 Å². The molecule has 1 atom stereocenters. The largest absolute Gasteiger partial charge is 0.464 e. The summed E-state index contributed by atoms with van der Waals surface area (Å²) < 4.78 is 4.95. The van der Waals surface area contributed by atoms with Gasteiger partial charge in [-0.05, 0) is 27.7 Å². The number of esters is 1. The van der Waals surface area contributed by atoms with Crippen LogP contribution in [0.25, 0.3) is 0 Å². The van der Waals surface area contributed by atoms with Crippen molar-refractivity contribution in [1.82, 2.24) is 15.0 Å². The summed E-state index contributed by atoms with van der Waals surface area (Å²) in [5, 5.41) is 5.83. The van der Waals surface area contributed by atoms with Crippen molar-refractivity contribution in [3.05, 3.63) is 0 Å². The van der Waals surface area contributed by atoms with Gasteiger partial charge < -0.3 is 20.3 Å². The van der Waals surface area contributed by atoms with E-state index in [0.717, 1.165) is 13.1 Å². The average molecular weight is 296 g/mol. The number of aromatic nitrogens is 3. The highest BCUT2D eigenvalue weighted by Gasteiger charge is 2.17. The van der Waals surface area contributed by atoms with Gasteiger partial charge in [0.05, 0.1) is 6.61 Å². The highest BCUT2D eigenvalue weighted by atomic mass is 16.5. The Morgan fingerprint density at radius 1 is 1.19 bits per heavy atom. The lowest BCUT2D eigenvalue weighted by atomic mass is 10.3. The van der Waals surface area contributed by atoms with Crippen LogP contribution in [0.5, 0.6) is 0 Å². The second kappa shape index (κ2) is 8.23. The van der Waals surface area contributed by atoms with Crippen LogP contribution >= 0.6 is 0 Å². The first kappa shape index (κ1) is 16.9. The van der Waals surface area contributed by atoms with Crippen molar-refractivity contribution in [2.24, 2.45) is 0 Å². The van der Waals surface area contributed by atoms with Gasteiger partial charge in [0.1, 0.15) is 6.04 Å². The number of rotatable bonds is 8. The Kier molecular flexibility index (Phi) is 6.64. The third-order valence-corrected chi connectivity index (χ3v) is 2.88. The Morgan fingerprint density at radius 2 is 1.81 bits per heavy atom. The standard InChI is InChI=1S/C13H24N6O2/c1-6-19(7-2)13-17-11(14-5)16-12(18-13)15-9(4)10(20)21-8-3/h9H,6-8H2,1-5H3,(H2,14,15,16,17,18). The molecule has 1 aromatic rings. The highest BCUT2D eigenvalue weighted by Crippen LogP contribution is 2.14. The van der Waals surface area contributed by atoms with Gasteiger partial charge in [-0.3, -0.25) is 0 Å². The summed E-state index contributed by atoms with van der Waals surface area (Å²) >= 11 is 0. The molecule has 1 aromatic heterocycles. The number of hydrogen-bond donors (Lipinski definition) is 2. The van der Waals surface area contributed by atoms with Crippen LogP contribution in [0.1, 0.15) is 27.7 Å². The molecule has 0 saturated carbocycles. The zero-order chi connectivity index (χ0) is 15.8. The molecule has 0 aromatic carbocycles. The quantitative estimate of drug-likeness (QED) is 0.690. The highest BCUT2D eigenvalue weighted by molar-refractivity contribution is 5.78. The van der Waals surface area contributed by atoms with Crippen LogP contribution < -0.4 is 15.5 Å². The predicted octanol–water partition coefficient (Wildman–Crippen LogP) is 1.12. The minimum Gasteiger partial charge on any atom is -0.464 e. The average Bonchev–Trinajstić information content (AvgIpc) is 2.48. The van der Waals surface area contributed by atoms with Crippen molar-refractivity contribution in [2.75, 3.05) is 42.3 Å². The monoisotopic (exact) mass is 296 g/mol. The van der Waals surface area contributed by atoms with Gasteiger partial charge >= 0.3 is 5.97 Å². The second-order valence-corrected chi connectivity index (χ2v) is 4.32. The number of nitrogens with one attached hydrogen (secondary N) is 2. The lowest BCUT2D eigenvalue weighted by Crippen LogP contribution is -2.30. The van der Waals surface area contributed by atoms with Crippen LogP contribution in [0.4, 0.5) is 17.8 Å². The van der Waals surface area contributed by atoms with Crippen molar-refractivity contribution in [1.29, 1.82) is 0 Å². The summed E-state index contributed by atoms with van der Waals surface area (Å²) in [4.78, 5) is 26.5. The molecule has 0 saturated heterocycles. The summed E-state index contributed by atoms with van der Waals surface area (Å²) in [5.74, 6) is 1.02. The number of ether oxygens (including phenoxy) is 1. The van der Waals surface area contributed by atoms with Gasteiger partial charge in [0, 0.05) is 20.1 Å². The van der Waals surface area contributed by atoms with E-state index in [4.69, 9.17) is 4.74 Å². The fraction of sp³-hybridized carbons (Fsp3) is 0.692. The fourth-order valence-electron chi connectivity index (χ4n) is 1.71. The van der Waals surface area contributed by atoms with Crippen molar-refractivity contribution in [3.8, 4) is 0 Å². The van der Waals surface area contributed by atoms with Gasteiger partial charge in [0.2, 0.25) is 17.8 Å². The summed E-state index contributed by atoms with van der Waals surface area (Å²) in [6.45, 7) is 9.45. The van der Waals surface area contributed by atoms with E-state index >= 15 is 0 Å². The second-order valence-electron chi connectivity index (χ2n) is 4.32. The lowest BCUT2D eigenvalue weighted by molar-refractivity contribution is -0.143.